The van der Waals surface area contributed by atoms with Crippen LogP contribution in [0.3, 0.4) is 0 Å². The lowest BCUT2D eigenvalue weighted by Crippen LogP contribution is -2.10. The van der Waals surface area contributed by atoms with Gasteiger partial charge in [-0.3, -0.25) is 10.1 Å². The van der Waals surface area contributed by atoms with Crippen LogP contribution in [0.5, 0.6) is 11.5 Å². The highest BCUT2D eigenvalue weighted by molar-refractivity contribution is 6.32. The molecule has 33 heavy (non-hydrogen) atoms. The normalized spacial score (nSPS) is 10.3. The second-order valence-electron chi connectivity index (χ2n) is 6.38. The molecule has 0 unspecified atom stereocenters. The van der Waals surface area contributed by atoms with E-state index in [2.05, 4.69) is 20.6 Å². The van der Waals surface area contributed by atoms with Gasteiger partial charge in [-0.25, -0.2) is 14.8 Å². The van der Waals surface area contributed by atoms with Crippen molar-refractivity contribution in [1.82, 2.24) is 9.97 Å². The number of para-hydroxylation sites is 1. The topological polar surface area (TPSA) is 138 Å². The average molecular weight is 474 g/mol. The molecule has 0 fully saturated rings. The molecule has 0 saturated carbocycles. The van der Waals surface area contributed by atoms with Gasteiger partial charge in [-0.05, 0) is 25.1 Å². The van der Waals surface area contributed by atoms with E-state index < -0.39 is 16.6 Å². The first-order chi connectivity index (χ1) is 15.9. The molecule has 0 aliphatic rings. The number of rotatable bonds is 9. The number of aromatic nitrogens is 2. The van der Waals surface area contributed by atoms with Gasteiger partial charge in [0, 0.05) is 6.07 Å². The molecule has 0 aliphatic carbocycles. The summed E-state index contributed by atoms with van der Waals surface area (Å²) in [6, 6.07) is 9.47. The maximum atomic E-state index is 12.3. The van der Waals surface area contributed by atoms with Crippen molar-refractivity contribution in [3.8, 4) is 11.5 Å². The maximum Gasteiger partial charge on any atom is 0.353 e. The molecule has 3 rings (SSSR count). The largest absolute Gasteiger partial charge is 0.495 e. The minimum atomic E-state index is -0.644. The molecule has 0 saturated heterocycles. The first-order valence-corrected chi connectivity index (χ1v) is 9.98. The summed E-state index contributed by atoms with van der Waals surface area (Å²) >= 11 is 6.20. The predicted octanol–water partition coefficient (Wildman–Crippen LogP) is 4.72. The number of nitrogens with one attached hydrogen (secondary N) is 2. The number of ether oxygens (including phenoxy) is 3. The third kappa shape index (κ3) is 5.21. The van der Waals surface area contributed by atoms with E-state index in [0.717, 1.165) is 6.33 Å². The van der Waals surface area contributed by atoms with Crippen LogP contribution in [-0.4, -0.2) is 41.7 Å². The Labute approximate surface area is 193 Å². The number of nitrogens with zero attached hydrogens (tertiary/aromatic N) is 3. The zero-order valence-corrected chi connectivity index (χ0v) is 18.7. The Morgan fingerprint density at radius 1 is 1.06 bits per heavy atom. The molecule has 1 aromatic heterocycles. The van der Waals surface area contributed by atoms with E-state index in [1.165, 1.54) is 32.4 Å². The van der Waals surface area contributed by atoms with Crippen LogP contribution in [-0.2, 0) is 4.74 Å². The second-order valence-corrected chi connectivity index (χ2v) is 6.79. The Kier molecular flexibility index (Phi) is 7.46. The van der Waals surface area contributed by atoms with Crippen molar-refractivity contribution in [2.75, 3.05) is 31.5 Å². The Hall–Kier alpha value is -4.12. The van der Waals surface area contributed by atoms with Crippen molar-refractivity contribution in [3.05, 3.63) is 63.4 Å². The molecule has 2 aromatic carbocycles. The predicted molar refractivity (Wildman–Crippen MR) is 122 cm³/mol. The van der Waals surface area contributed by atoms with Gasteiger partial charge in [-0.2, -0.15) is 0 Å². The number of hydrogen-bond acceptors (Lipinski definition) is 10. The van der Waals surface area contributed by atoms with Crippen molar-refractivity contribution in [1.29, 1.82) is 0 Å². The van der Waals surface area contributed by atoms with Crippen LogP contribution in [0.4, 0.5) is 28.7 Å². The molecule has 1 heterocycles. The van der Waals surface area contributed by atoms with Crippen LogP contribution in [0.1, 0.15) is 17.3 Å². The Morgan fingerprint density at radius 2 is 1.70 bits per heavy atom. The number of anilines is 4. The van der Waals surface area contributed by atoms with Gasteiger partial charge in [-0.15, -0.1) is 0 Å². The van der Waals surface area contributed by atoms with Crippen LogP contribution in [0.2, 0.25) is 5.02 Å². The van der Waals surface area contributed by atoms with Crippen LogP contribution in [0, 0.1) is 10.1 Å². The molecule has 0 amide bonds. The monoisotopic (exact) mass is 473 g/mol. The molecule has 0 atom stereocenters. The van der Waals surface area contributed by atoms with E-state index in [4.69, 9.17) is 25.8 Å². The third-order valence-electron chi connectivity index (χ3n) is 4.41. The number of esters is 1. The van der Waals surface area contributed by atoms with Crippen LogP contribution >= 0.6 is 11.6 Å². The lowest BCUT2D eigenvalue weighted by Gasteiger charge is -2.15. The minimum Gasteiger partial charge on any atom is -0.495 e. The maximum absolute atomic E-state index is 12.3. The molecule has 0 aliphatic heterocycles. The second kappa shape index (κ2) is 10.5. The van der Waals surface area contributed by atoms with Crippen LogP contribution in [0.25, 0.3) is 0 Å². The number of carbonyl (C=O) groups is 1. The molecule has 11 nitrogen and oxygen atoms in total. The first-order valence-electron chi connectivity index (χ1n) is 9.60. The van der Waals surface area contributed by atoms with Crippen molar-refractivity contribution in [2.24, 2.45) is 0 Å². The van der Waals surface area contributed by atoms with E-state index in [-0.39, 0.29) is 34.5 Å². The first kappa shape index (κ1) is 23.5. The molecule has 0 radical (unpaired) electrons. The molecule has 12 heteroatoms. The number of carbonyl (C=O) groups excluding carboxylic acids is 1. The summed E-state index contributed by atoms with van der Waals surface area (Å²) in [6.45, 7) is 1.86. The average Bonchev–Trinajstić information content (AvgIpc) is 2.79. The van der Waals surface area contributed by atoms with Gasteiger partial charge >= 0.3 is 11.7 Å². The van der Waals surface area contributed by atoms with E-state index in [1.807, 2.05) is 0 Å². The smallest absolute Gasteiger partial charge is 0.353 e. The molecule has 0 spiro atoms. The van der Waals surface area contributed by atoms with Gasteiger partial charge < -0.3 is 24.8 Å². The summed E-state index contributed by atoms with van der Waals surface area (Å²) < 4.78 is 15.5. The number of hydrogen-bond donors (Lipinski definition) is 2. The SMILES string of the molecule is CCOC(=O)c1ccccc1Nc1ncnc(Nc2cc(Cl)c(OC)cc2OC)c1[N+](=O)[O-]. The number of benzene rings is 2. The number of nitro groups is 1. The van der Waals surface area contributed by atoms with E-state index in [0.29, 0.717) is 17.2 Å². The standard InChI is InChI=1S/C21H20ClN5O6/c1-4-33-21(28)12-7-5-6-8-14(12)25-19-18(27(29)30)20(24-11-23-19)26-15-9-13(22)16(31-2)10-17(15)32-3/h5-11H,4H2,1-3H3,(H2,23,24,25,26). The molecule has 0 bridgehead atoms. The van der Waals surface area contributed by atoms with Crippen molar-refractivity contribution in [3.63, 3.8) is 0 Å². The van der Waals surface area contributed by atoms with Gasteiger partial charge in [0.25, 0.3) is 0 Å². The fourth-order valence-electron chi connectivity index (χ4n) is 2.93. The quantitative estimate of drug-likeness (QED) is 0.255. The molecular weight excluding hydrogens is 454 g/mol. The summed E-state index contributed by atoms with van der Waals surface area (Å²) in [4.78, 5) is 31.6. The number of halogens is 1. The zero-order chi connectivity index (χ0) is 24.0. The summed E-state index contributed by atoms with van der Waals surface area (Å²) in [5.74, 6) is -0.132. The van der Waals surface area contributed by atoms with Gasteiger partial charge in [0.1, 0.15) is 17.8 Å². The highest BCUT2D eigenvalue weighted by Crippen LogP contribution is 2.40. The highest BCUT2D eigenvalue weighted by atomic mass is 35.5. The Bertz CT molecular complexity index is 1190. The lowest BCUT2D eigenvalue weighted by molar-refractivity contribution is -0.383. The Morgan fingerprint density at radius 3 is 2.30 bits per heavy atom. The van der Waals surface area contributed by atoms with Crippen LogP contribution in [0.15, 0.2) is 42.7 Å². The van der Waals surface area contributed by atoms with E-state index in [9.17, 15) is 14.9 Å². The van der Waals surface area contributed by atoms with Crippen molar-refractivity contribution in [2.45, 2.75) is 6.92 Å². The number of methoxy groups -OCH3 is 2. The third-order valence-corrected chi connectivity index (χ3v) is 4.70. The van der Waals surface area contributed by atoms with Gasteiger partial charge in [0.2, 0.25) is 11.6 Å². The molecular formula is C21H20ClN5O6. The van der Waals surface area contributed by atoms with Gasteiger partial charge in [-0.1, -0.05) is 23.7 Å². The van der Waals surface area contributed by atoms with Gasteiger partial charge in [0.15, 0.2) is 0 Å². The summed E-state index contributed by atoms with van der Waals surface area (Å²) in [6.07, 6.45) is 1.14. The molecule has 3 aromatic rings. The molecule has 172 valence electrons. The fourth-order valence-corrected chi connectivity index (χ4v) is 3.17. The van der Waals surface area contributed by atoms with Crippen LogP contribution < -0.4 is 20.1 Å². The van der Waals surface area contributed by atoms with E-state index in [1.54, 1.807) is 25.1 Å². The Balaban J connectivity index is 2.03. The molecule has 2 N–H and O–H groups in total. The summed E-state index contributed by atoms with van der Waals surface area (Å²) in [5, 5.41) is 17.9. The zero-order valence-electron chi connectivity index (χ0n) is 17.9. The van der Waals surface area contributed by atoms with Crippen molar-refractivity contribution < 1.29 is 23.9 Å². The van der Waals surface area contributed by atoms with Crippen molar-refractivity contribution >= 4 is 46.3 Å². The summed E-state index contributed by atoms with van der Waals surface area (Å²) in [7, 11) is 2.89. The summed E-state index contributed by atoms with van der Waals surface area (Å²) in [5.41, 5.74) is 0.354. The van der Waals surface area contributed by atoms with E-state index >= 15 is 0 Å². The highest BCUT2D eigenvalue weighted by Gasteiger charge is 2.26. The van der Waals surface area contributed by atoms with Gasteiger partial charge in [0.05, 0.1) is 47.7 Å². The fraction of sp³-hybridized carbons (Fsp3) is 0.190. The minimum absolute atomic E-state index is 0.120. The lowest BCUT2D eigenvalue weighted by atomic mass is 10.1.